The number of carbonyl (C=O) groups excluding carboxylic acids is 1. The molecule has 0 spiro atoms. The maximum absolute atomic E-state index is 13.8. The fraction of sp³-hybridized carbons (Fsp3) is 0.0968. The Morgan fingerprint density at radius 2 is 1.61 bits per heavy atom. The number of benzene rings is 4. The van der Waals surface area contributed by atoms with Crippen LogP contribution in [0.5, 0.6) is 11.5 Å². The van der Waals surface area contributed by atoms with Crippen LogP contribution in [0.25, 0.3) is 11.0 Å². The summed E-state index contributed by atoms with van der Waals surface area (Å²) in [5.74, 6) is 0.657. The molecule has 5 aromatic rings. The number of carbonyl (C=O) groups is 1. The summed E-state index contributed by atoms with van der Waals surface area (Å²) in [5.41, 5.74) is 2.60. The van der Waals surface area contributed by atoms with Crippen molar-refractivity contribution in [2.45, 2.75) is 12.6 Å². The van der Waals surface area contributed by atoms with Crippen molar-refractivity contribution in [3.05, 3.63) is 135 Å². The lowest BCUT2D eigenvalue weighted by atomic mass is 9.97. The van der Waals surface area contributed by atoms with Crippen LogP contribution in [-0.4, -0.2) is 13.0 Å². The molecule has 0 N–H and O–H groups in total. The third-order valence-electron chi connectivity index (χ3n) is 6.61. The molecule has 38 heavy (non-hydrogen) atoms. The summed E-state index contributed by atoms with van der Waals surface area (Å²) < 4.78 is 17.7. The first kappa shape index (κ1) is 23.8. The van der Waals surface area contributed by atoms with Crippen molar-refractivity contribution in [1.29, 1.82) is 0 Å². The minimum atomic E-state index is -0.739. The minimum Gasteiger partial charge on any atom is -0.493 e. The maximum atomic E-state index is 13.8. The monoisotopic (exact) mass is 523 g/mol. The number of amides is 1. The summed E-state index contributed by atoms with van der Waals surface area (Å²) in [6, 6.07) is 28.5. The first-order valence-corrected chi connectivity index (χ1v) is 12.4. The molecule has 0 fully saturated rings. The van der Waals surface area contributed by atoms with E-state index >= 15 is 0 Å². The highest BCUT2D eigenvalue weighted by atomic mass is 35.5. The Labute approximate surface area is 223 Å². The van der Waals surface area contributed by atoms with Gasteiger partial charge in [0, 0.05) is 10.7 Å². The quantitative estimate of drug-likeness (QED) is 0.245. The number of hydrogen-bond acceptors (Lipinski definition) is 5. The second-order valence-corrected chi connectivity index (χ2v) is 9.35. The van der Waals surface area contributed by atoms with Gasteiger partial charge < -0.3 is 13.9 Å². The Hall–Kier alpha value is -4.55. The van der Waals surface area contributed by atoms with Gasteiger partial charge in [0.25, 0.3) is 5.91 Å². The Morgan fingerprint density at radius 3 is 2.34 bits per heavy atom. The third-order valence-corrected chi connectivity index (χ3v) is 6.84. The van der Waals surface area contributed by atoms with E-state index in [0.717, 1.165) is 5.56 Å². The molecule has 0 radical (unpaired) electrons. The van der Waals surface area contributed by atoms with E-state index in [2.05, 4.69) is 0 Å². The first-order chi connectivity index (χ1) is 18.5. The summed E-state index contributed by atoms with van der Waals surface area (Å²) in [6.07, 6.45) is 0. The highest BCUT2D eigenvalue weighted by Gasteiger charge is 2.44. The Bertz CT molecular complexity index is 1720. The number of methoxy groups -OCH3 is 1. The number of nitrogens with zero attached hydrogens (tertiary/aromatic N) is 1. The summed E-state index contributed by atoms with van der Waals surface area (Å²) >= 11 is 6.19. The molecular weight excluding hydrogens is 502 g/mol. The summed E-state index contributed by atoms with van der Waals surface area (Å²) in [6.45, 7) is 0.369. The maximum Gasteiger partial charge on any atom is 0.295 e. The van der Waals surface area contributed by atoms with E-state index in [0.29, 0.717) is 45.3 Å². The molecule has 1 aliphatic rings. The van der Waals surface area contributed by atoms with E-state index in [4.69, 9.17) is 25.5 Å². The largest absolute Gasteiger partial charge is 0.493 e. The lowest BCUT2D eigenvalue weighted by Gasteiger charge is -2.26. The molecule has 2 heterocycles. The molecule has 6 rings (SSSR count). The van der Waals surface area contributed by atoms with Crippen LogP contribution >= 0.6 is 11.6 Å². The zero-order valence-electron chi connectivity index (χ0n) is 20.4. The van der Waals surface area contributed by atoms with Crippen molar-refractivity contribution in [2.24, 2.45) is 0 Å². The van der Waals surface area contributed by atoms with Crippen molar-refractivity contribution in [3.8, 4) is 11.5 Å². The Balaban J connectivity index is 1.49. The lowest BCUT2D eigenvalue weighted by Crippen LogP contribution is -2.29. The summed E-state index contributed by atoms with van der Waals surface area (Å²) in [5, 5.41) is 0.728. The van der Waals surface area contributed by atoms with Crippen LogP contribution in [0.1, 0.15) is 33.3 Å². The van der Waals surface area contributed by atoms with Crippen LogP contribution in [0.15, 0.2) is 106 Å². The number of halogens is 1. The van der Waals surface area contributed by atoms with Crippen LogP contribution in [-0.2, 0) is 6.61 Å². The molecule has 0 aliphatic carbocycles. The van der Waals surface area contributed by atoms with Crippen LogP contribution in [0.3, 0.4) is 0 Å². The van der Waals surface area contributed by atoms with E-state index < -0.39 is 11.9 Å². The number of anilines is 1. The fourth-order valence-corrected chi connectivity index (χ4v) is 5.00. The first-order valence-electron chi connectivity index (χ1n) is 12.0. The molecule has 1 aliphatic heterocycles. The summed E-state index contributed by atoms with van der Waals surface area (Å²) in [4.78, 5) is 29.1. The molecule has 1 aromatic heterocycles. The lowest BCUT2D eigenvalue weighted by molar-refractivity contribution is 0.0971. The van der Waals surface area contributed by atoms with Gasteiger partial charge in [-0.05, 0) is 53.6 Å². The van der Waals surface area contributed by atoms with E-state index in [-0.39, 0.29) is 16.8 Å². The van der Waals surface area contributed by atoms with Crippen molar-refractivity contribution < 1.29 is 18.7 Å². The van der Waals surface area contributed by atoms with Crippen LogP contribution in [0, 0.1) is 0 Å². The zero-order valence-corrected chi connectivity index (χ0v) is 21.1. The number of para-hydroxylation sites is 1. The van der Waals surface area contributed by atoms with Gasteiger partial charge in [-0.1, -0.05) is 66.2 Å². The Morgan fingerprint density at radius 1 is 0.868 bits per heavy atom. The van der Waals surface area contributed by atoms with Crippen molar-refractivity contribution >= 4 is 34.2 Å². The van der Waals surface area contributed by atoms with Gasteiger partial charge >= 0.3 is 0 Å². The number of fused-ring (bicyclic) bond motifs is 2. The van der Waals surface area contributed by atoms with Crippen molar-refractivity contribution in [2.75, 3.05) is 12.0 Å². The SMILES string of the molecule is COc1cc(C2c3c(oc4ccc(Cl)cc4c3=O)C(=O)N2c2ccccc2)ccc1OCc1ccccc1. The molecular formula is C31H22ClNO5. The molecule has 1 atom stereocenters. The second kappa shape index (κ2) is 9.72. The van der Waals surface area contributed by atoms with Crippen molar-refractivity contribution in [1.82, 2.24) is 0 Å². The molecule has 1 unspecified atom stereocenters. The average Bonchev–Trinajstić information content (AvgIpc) is 3.25. The highest BCUT2D eigenvalue weighted by molar-refractivity contribution is 6.31. The fourth-order valence-electron chi connectivity index (χ4n) is 4.82. The van der Waals surface area contributed by atoms with Gasteiger partial charge in [0.05, 0.1) is 24.1 Å². The smallest absolute Gasteiger partial charge is 0.295 e. The van der Waals surface area contributed by atoms with Gasteiger partial charge in [0.1, 0.15) is 12.2 Å². The van der Waals surface area contributed by atoms with E-state index in [1.807, 2.05) is 66.7 Å². The second-order valence-electron chi connectivity index (χ2n) is 8.91. The molecule has 188 valence electrons. The predicted molar refractivity (Wildman–Crippen MR) is 146 cm³/mol. The standard InChI is InChI=1S/C31H22ClNO5/c1-36-26-16-20(12-14-25(26)37-18-19-8-4-2-5-9-19)28-27-29(34)23-17-21(32)13-15-24(23)38-30(27)31(35)33(28)22-10-6-3-7-11-22/h2-17,28H,18H2,1H3. The molecule has 4 aromatic carbocycles. The van der Waals surface area contributed by atoms with E-state index in [9.17, 15) is 9.59 Å². The van der Waals surface area contributed by atoms with Crippen LogP contribution in [0.2, 0.25) is 5.02 Å². The molecule has 1 amide bonds. The van der Waals surface area contributed by atoms with Gasteiger partial charge in [-0.3, -0.25) is 14.5 Å². The number of hydrogen-bond donors (Lipinski definition) is 0. The van der Waals surface area contributed by atoms with Crippen LogP contribution < -0.4 is 19.8 Å². The molecule has 0 bridgehead atoms. The van der Waals surface area contributed by atoms with Gasteiger partial charge in [-0.2, -0.15) is 0 Å². The predicted octanol–water partition coefficient (Wildman–Crippen LogP) is 6.78. The van der Waals surface area contributed by atoms with E-state index in [1.165, 1.54) is 0 Å². The van der Waals surface area contributed by atoms with Crippen molar-refractivity contribution in [3.63, 3.8) is 0 Å². The summed E-state index contributed by atoms with van der Waals surface area (Å²) in [7, 11) is 1.56. The molecule has 7 heteroatoms. The molecule has 6 nitrogen and oxygen atoms in total. The topological polar surface area (TPSA) is 69.0 Å². The normalized spacial score (nSPS) is 14.5. The highest BCUT2D eigenvalue weighted by Crippen LogP contribution is 2.43. The molecule has 0 saturated heterocycles. The molecule has 0 saturated carbocycles. The van der Waals surface area contributed by atoms with Gasteiger partial charge in [0.2, 0.25) is 5.76 Å². The zero-order chi connectivity index (χ0) is 26.2. The van der Waals surface area contributed by atoms with Gasteiger partial charge in [0.15, 0.2) is 16.9 Å². The van der Waals surface area contributed by atoms with Gasteiger partial charge in [-0.15, -0.1) is 0 Å². The van der Waals surface area contributed by atoms with E-state index in [1.54, 1.807) is 42.3 Å². The Kier molecular flexibility index (Phi) is 6.10. The average molecular weight is 524 g/mol. The van der Waals surface area contributed by atoms with Gasteiger partial charge in [-0.25, -0.2) is 0 Å². The minimum absolute atomic E-state index is 0.0158. The van der Waals surface area contributed by atoms with Crippen LogP contribution in [0.4, 0.5) is 5.69 Å². The third kappa shape index (κ3) is 4.09. The number of ether oxygens (including phenoxy) is 2. The number of rotatable bonds is 6.